The zero-order valence-electron chi connectivity index (χ0n) is 14.0. The summed E-state index contributed by atoms with van der Waals surface area (Å²) in [7, 11) is 1.65. The minimum atomic E-state index is 0. The highest BCUT2D eigenvalue weighted by Gasteiger charge is 2.18. The van der Waals surface area contributed by atoms with Gasteiger partial charge in [0, 0.05) is 26.1 Å². The van der Waals surface area contributed by atoms with Crippen molar-refractivity contribution in [2.75, 3.05) is 33.4 Å². The van der Waals surface area contributed by atoms with Gasteiger partial charge in [-0.2, -0.15) is 0 Å². The molecule has 0 aliphatic carbocycles. The second-order valence-corrected chi connectivity index (χ2v) is 5.43. The molecule has 5 nitrogen and oxygen atoms in total. The van der Waals surface area contributed by atoms with Crippen LogP contribution in [0.15, 0.2) is 18.2 Å². The van der Waals surface area contributed by atoms with Crippen molar-refractivity contribution in [1.82, 2.24) is 10.2 Å². The number of rotatable bonds is 9. The van der Waals surface area contributed by atoms with E-state index in [-0.39, 0.29) is 12.4 Å². The largest absolute Gasteiger partial charge is 0.493 e. The molecule has 1 N–H and O–H groups in total. The summed E-state index contributed by atoms with van der Waals surface area (Å²) in [5.41, 5.74) is 1.17. The predicted octanol–water partition coefficient (Wildman–Crippen LogP) is 2.62. The molecule has 1 aromatic rings. The number of benzene rings is 1. The highest BCUT2D eigenvalue weighted by molar-refractivity contribution is 5.85. The van der Waals surface area contributed by atoms with Gasteiger partial charge in [-0.05, 0) is 44.0 Å². The van der Waals surface area contributed by atoms with Crippen LogP contribution in [0.4, 0.5) is 0 Å². The Bertz CT molecular complexity index is 497. The van der Waals surface area contributed by atoms with Crippen LogP contribution in [0.3, 0.4) is 0 Å². The topological polar surface area (TPSA) is 50.8 Å². The van der Waals surface area contributed by atoms with Crippen LogP contribution in [-0.4, -0.2) is 44.2 Å². The Labute approximate surface area is 144 Å². The molecule has 1 aliphatic rings. The second-order valence-electron chi connectivity index (χ2n) is 5.43. The fourth-order valence-electron chi connectivity index (χ4n) is 2.67. The molecule has 0 unspecified atom stereocenters. The van der Waals surface area contributed by atoms with E-state index in [1.165, 1.54) is 5.56 Å². The van der Waals surface area contributed by atoms with E-state index in [0.717, 1.165) is 56.9 Å². The average molecular weight is 343 g/mol. The number of carbonyl (C=O) groups is 1. The van der Waals surface area contributed by atoms with Crippen molar-refractivity contribution in [3.63, 3.8) is 0 Å². The highest BCUT2D eigenvalue weighted by Crippen LogP contribution is 2.27. The molecule has 0 radical (unpaired) electrons. The fourth-order valence-corrected chi connectivity index (χ4v) is 2.67. The van der Waals surface area contributed by atoms with Crippen LogP contribution < -0.4 is 14.8 Å². The van der Waals surface area contributed by atoms with Crippen LogP contribution in [0.1, 0.15) is 31.7 Å². The number of hydrogen-bond acceptors (Lipinski definition) is 4. The minimum Gasteiger partial charge on any atom is -0.493 e. The van der Waals surface area contributed by atoms with Crippen LogP contribution in [0.5, 0.6) is 11.5 Å². The van der Waals surface area contributed by atoms with Crippen molar-refractivity contribution in [1.29, 1.82) is 0 Å². The smallest absolute Gasteiger partial charge is 0.222 e. The fraction of sp³-hybridized carbons (Fsp3) is 0.588. The first-order chi connectivity index (χ1) is 10.7. The van der Waals surface area contributed by atoms with Crippen LogP contribution in [0, 0.1) is 0 Å². The molecule has 0 aromatic heterocycles. The van der Waals surface area contributed by atoms with Crippen molar-refractivity contribution < 1.29 is 14.3 Å². The zero-order valence-corrected chi connectivity index (χ0v) is 14.8. The molecule has 23 heavy (non-hydrogen) atoms. The second kappa shape index (κ2) is 10.3. The van der Waals surface area contributed by atoms with E-state index in [1.807, 2.05) is 30.0 Å². The first kappa shape index (κ1) is 19.6. The Morgan fingerprint density at radius 1 is 1.30 bits per heavy atom. The number of likely N-dealkylation sites (tertiary alicyclic amines) is 1. The molecular weight excluding hydrogens is 316 g/mol. The van der Waals surface area contributed by atoms with Gasteiger partial charge in [0.05, 0.1) is 13.7 Å². The standard InChI is InChI=1S/C17H26N2O3.ClH/c1-3-22-16-12-14(7-8-15(16)21-2)13-18-9-5-11-19-10-4-6-17(19)20;/h7-8,12,18H,3-6,9-11,13H2,1-2H3;1H. The maximum Gasteiger partial charge on any atom is 0.222 e. The van der Waals surface area contributed by atoms with Crippen molar-refractivity contribution in [3.05, 3.63) is 23.8 Å². The molecule has 1 amide bonds. The molecule has 1 fully saturated rings. The maximum atomic E-state index is 11.5. The van der Waals surface area contributed by atoms with Gasteiger partial charge >= 0.3 is 0 Å². The lowest BCUT2D eigenvalue weighted by Crippen LogP contribution is -2.28. The zero-order chi connectivity index (χ0) is 15.8. The number of nitrogens with one attached hydrogen (secondary N) is 1. The van der Waals surface area contributed by atoms with Gasteiger partial charge in [-0.15, -0.1) is 12.4 Å². The van der Waals surface area contributed by atoms with E-state index in [4.69, 9.17) is 9.47 Å². The number of nitrogens with zero attached hydrogens (tertiary/aromatic N) is 1. The highest BCUT2D eigenvalue weighted by atomic mass is 35.5. The monoisotopic (exact) mass is 342 g/mol. The first-order valence-electron chi connectivity index (χ1n) is 8.02. The van der Waals surface area contributed by atoms with Gasteiger partial charge in [-0.1, -0.05) is 6.07 Å². The van der Waals surface area contributed by atoms with Gasteiger partial charge in [0.1, 0.15) is 0 Å². The third kappa shape index (κ3) is 5.92. The lowest BCUT2D eigenvalue weighted by Gasteiger charge is -2.15. The van der Waals surface area contributed by atoms with Gasteiger partial charge < -0.3 is 19.7 Å². The van der Waals surface area contributed by atoms with Gasteiger partial charge in [0.25, 0.3) is 0 Å². The predicted molar refractivity (Wildman–Crippen MR) is 93.5 cm³/mol. The number of carbonyl (C=O) groups excluding carboxylic acids is 1. The van der Waals surface area contributed by atoms with Crippen LogP contribution in [0.2, 0.25) is 0 Å². The minimum absolute atomic E-state index is 0. The number of methoxy groups -OCH3 is 1. The molecule has 0 saturated carbocycles. The van der Waals surface area contributed by atoms with Crippen molar-refractivity contribution in [2.45, 2.75) is 32.7 Å². The number of halogens is 1. The molecule has 0 atom stereocenters. The van der Waals surface area contributed by atoms with Crippen molar-refractivity contribution in [3.8, 4) is 11.5 Å². The van der Waals surface area contributed by atoms with E-state index in [2.05, 4.69) is 5.32 Å². The van der Waals surface area contributed by atoms with Crippen molar-refractivity contribution >= 4 is 18.3 Å². The Balaban J connectivity index is 0.00000264. The summed E-state index contributed by atoms with van der Waals surface area (Å²) in [6, 6.07) is 5.99. The number of ether oxygens (including phenoxy) is 2. The van der Waals surface area contributed by atoms with E-state index in [0.29, 0.717) is 12.5 Å². The Hall–Kier alpha value is -1.46. The molecule has 1 aromatic carbocycles. The Morgan fingerprint density at radius 2 is 2.13 bits per heavy atom. The Kier molecular flexibility index (Phi) is 8.81. The average Bonchev–Trinajstić information content (AvgIpc) is 2.93. The lowest BCUT2D eigenvalue weighted by atomic mass is 10.2. The molecule has 6 heteroatoms. The molecule has 0 bridgehead atoms. The summed E-state index contributed by atoms with van der Waals surface area (Å²) in [6.45, 7) is 6.06. The third-order valence-electron chi connectivity index (χ3n) is 3.81. The lowest BCUT2D eigenvalue weighted by molar-refractivity contribution is -0.127. The SMILES string of the molecule is CCOc1cc(CNCCCN2CCCC2=O)ccc1OC.Cl. The number of hydrogen-bond donors (Lipinski definition) is 1. The molecule has 1 heterocycles. The Morgan fingerprint density at radius 3 is 2.78 bits per heavy atom. The summed E-state index contributed by atoms with van der Waals surface area (Å²) in [5.74, 6) is 1.85. The third-order valence-corrected chi connectivity index (χ3v) is 3.81. The molecule has 130 valence electrons. The van der Waals surface area contributed by atoms with E-state index >= 15 is 0 Å². The van der Waals surface area contributed by atoms with Crippen LogP contribution in [0.25, 0.3) is 0 Å². The molecular formula is C17H27ClN2O3. The molecule has 1 saturated heterocycles. The first-order valence-corrected chi connectivity index (χ1v) is 8.02. The van der Waals surface area contributed by atoms with Gasteiger partial charge in [0.15, 0.2) is 11.5 Å². The van der Waals surface area contributed by atoms with Crippen LogP contribution >= 0.6 is 12.4 Å². The molecule has 0 spiro atoms. The summed E-state index contributed by atoms with van der Waals surface area (Å²) in [6.07, 6.45) is 2.72. The summed E-state index contributed by atoms with van der Waals surface area (Å²) >= 11 is 0. The summed E-state index contributed by atoms with van der Waals surface area (Å²) in [4.78, 5) is 13.5. The summed E-state index contributed by atoms with van der Waals surface area (Å²) < 4.78 is 10.9. The van der Waals surface area contributed by atoms with Gasteiger partial charge in [-0.25, -0.2) is 0 Å². The normalized spacial score (nSPS) is 13.8. The van der Waals surface area contributed by atoms with Crippen molar-refractivity contribution in [2.24, 2.45) is 0 Å². The van der Waals surface area contributed by atoms with E-state index in [9.17, 15) is 4.79 Å². The van der Waals surface area contributed by atoms with E-state index < -0.39 is 0 Å². The number of amides is 1. The quantitative estimate of drug-likeness (QED) is 0.701. The van der Waals surface area contributed by atoms with Crippen LogP contribution in [-0.2, 0) is 11.3 Å². The van der Waals surface area contributed by atoms with Gasteiger partial charge in [-0.3, -0.25) is 4.79 Å². The van der Waals surface area contributed by atoms with Gasteiger partial charge in [0.2, 0.25) is 5.91 Å². The summed E-state index contributed by atoms with van der Waals surface area (Å²) in [5, 5.41) is 3.41. The maximum absolute atomic E-state index is 11.5. The molecule has 1 aliphatic heterocycles. The van der Waals surface area contributed by atoms with E-state index in [1.54, 1.807) is 7.11 Å². The molecule has 2 rings (SSSR count).